The van der Waals surface area contributed by atoms with Crippen molar-refractivity contribution in [2.45, 2.75) is 6.92 Å². The zero-order chi connectivity index (χ0) is 13.4. The van der Waals surface area contributed by atoms with Crippen LogP contribution in [-0.4, -0.2) is 19.0 Å². The van der Waals surface area contributed by atoms with E-state index in [1.54, 1.807) is 6.08 Å². The van der Waals surface area contributed by atoms with Gasteiger partial charge < -0.3 is 10.1 Å². The number of amides is 1. The van der Waals surface area contributed by atoms with Crippen LogP contribution in [0.2, 0.25) is 0 Å². The van der Waals surface area contributed by atoms with Gasteiger partial charge in [0.15, 0.2) is 0 Å². The maximum atomic E-state index is 11.4. The van der Waals surface area contributed by atoms with Crippen molar-refractivity contribution in [3.63, 3.8) is 0 Å². The third-order valence-electron chi connectivity index (χ3n) is 2.07. The predicted octanol–water partition coefficient (Wildman–Crippen LogP) is 1.89. The van der Waals surface area contributed by atoms with E-state index < -0.39 is 5.97 Å². The Kier molecular flexibility index (Phi) is 5.38. The zero-order valence-electron chi connectivity index (χ0n) is 10.3. The van der Waals surface area contributed by atoms with Crippen LogP contribution >= 0.6 is 0 Å². The van der Waals surface area contributed by atoms with Gasteiger partial charge in [0, 0.05) is 6.92 Å². The van der Waals surface area contributed by atoms with E-state index in [2.05, 4.69) is 10.1 Å². The van der Waals surface area contributed by atoms with Crippen LogP contribution in [0.5, 0.6) is 0 Å². The van der Waals surface area contributed by atoms with Crippen LogP contribution in [0.3, 0.4) is 0 Å². The Balaban J connectivity index is 2.80. The molecule has 0 radical (unpaired) electrons. The number of hydrogen-bond donors (Lipinski definition) is 1. The molecule has 0 heterocycles. The van der Waals surface area contributed by atoms with E-state index in [0.29, 0.717) is 0 Å². The van der Waals surface area contributed by atoms with Crippen LogP contribution in [-0.2, 0) is 14.3 Å². The minimum Gasteiger partial charge on any atom is -0.464 e. The molecule has 1 rings (SSSR count). The van der Waals surface area contributed by atoms with Gasteiger partial charge in [0.05, 0.1) is 7.11 Å². The van der Waals surface area contributed by atoms with Crippen molar-refractivity contribution in [3.05, 3.63) is 53.7 Å². The summed E-state index contributed by atoms with van der Waals surface area (Å²) in [5.74, 6) is -0.900. The van der Waals surface area contributed by atoms with Gasteiger partial charge >= 0.3 is 5.97 Å². The molecular formula is C14H15NO3. The number of methoxy groups -OCH3 is 1. The van der Waals surface area contributed by atoms with Gasteiger partial charge in [0.1, 0.15) is 5.70 Å². The highest BCUT2D eigenvalue weighted by Gasteiger charge is 2.09. The molecular weight excluding hydrogens is 230 g/mol. The highest BCUT2D eigenvalue weighted by Crippen LogP contribution is 2.02. The van der Waals surface area contributed by atoms with E-state index in [-0.39, 0.29) is 11.6 Å². The molecule has 0 bridgehead atoms. The summed E-state index contributed by atoms with van der Waals surface area (Å²) in [7, 11) is 1.26. The summed E-state index contributed by atoms with van der Waals surface area (Å²) in [5.41, 5.74) is 1.11. The molecule has 18 heavy (non-hydrogen) atoms. The van der Waals surface area contributed by atoms with E-state index in [9.17, 15) is 9.59 Å². The molecule has 0 saturated heterocycles. The minimum absolute atomic E-state index is 0.109. The number of hydrogen-bond acceptors (Lipinski definition) is 3. The van der Waals surface area contributed by atoms with Crippen molar-refractivity contribution in [2.24, 2.45) is 0 Å². The summed E-state index contributed by atoms with van der Waals surface area (Å²) in [4.78, 5) is 22.3. The van der Waals surface area contributed by atoms with E-state index >= 15 is 0 Å². The number of allylic oxidation sites excluding steroid dienone is 2. The maximum Gasteiger partial charge on any atom is 0.354 e. The fourth-order valence-electron chi connectivity index (χ4n) is 1.28. The van der Waals surface area contributed by atoms with Crippen molar-refractivity contribution in [3.8, 4) is 0 Å². The first-order valence-electron chi connectivity index (χ1n) is 5.43. The minimum atomic E-state index is -0.581. The standard InChI is InChI=1S/C14H15NO3/c1-11(16)15-13(14(17)18-2)10-6-9-12-7-4-3-5-8-12/h3-10H,1-2H3,(H,15,16). The topological polar surface area (TPSA) is 55.4 Å². The fraction of sp³-hybridized carbons (Fsp3) is 0.143. The van der Waals surface area contributed by atoms with Gasteiger partial charge in [-0.05, 0) is 11.6 Å². The number of esters is 1. The Morgan fingerprint density at radius 1 is 1.22 bits per heavy atom. The molecule has 4 nitrogen and oxygen atoms in total. The van der Waals surface area contributed by atoms with Gasteiger partial charge in [0.2, 0.25) is 5.91 Å². The third kappa shape index (κ3) is 4.65. The fourth-order valence-corrected chi connectivity index (χ4v) is 1.28. The number of carbonyl (C=O) groups excluding carboxylic acids is 2. The highest BCUT2D eigenvalue weighted by atomic mass is 16.5. The number of carbonyl (C=O) groups is 2. The second-order valence-electron chi connectivity index (χ2n) is 3.52. The lowest BCUT2D eigenvalue weighted by Gasteiger charge is -2.04. The molecule has 0 aromatic heterocycles. The average molecular weight is 245 g/mol. The number of nitrogens with one attached hydrogen (secondary N) is 1. The van der Waals surface area contributed by atoms with Gasteiger partial charge in [-0.15, -0.1) is 0 Å². The lowest BCUT2D eigenvalue weighted by molar-refractivity contribution is -0.137. The monoisotopic (exact) mass is 245 g/mol. The quantitative estimate of drug-likeness (QED) is 0.500. The Morgan fingerprint density at radius 3 is 2.44 bits per heavy atom. The molecule has 0 spiro atoms. The second kappa shape index (κ2) is 7.06. The van der Waals surface area contributed by atoms with Crippen molar-refractivity contribution in [2.75, 3.05) is 7.11 Å². The summed E-state index contributed by atoms with van der Waals surface area (Å²) in [6.07, 6.45) is 5.00. The Morgan fingerprint density at radius 2 is 1.89 bits per heavy atom. The van der Waals surface area contributed by atoms with Crippen molar-refractivity contribution < 1.29 is 14.3 Å². The molecule has 0 aliphatic rings. The number of rotatable bonds is 4. The van der Waals surface area contributed by atoms with E-state index in [1.807, 2.05) is 36.4 Å². The molecule has 1 aromatic rings. The average Bonchev–Trinajstić information content (AvgIpc) is 2.37. The summed E-state index contributed by atoms with van der Waals surface area (Å²) >= 11 is 0. The highest BCUT2D eigenvalue weighted by molar-refractivity contribution is 5.93. The van der Waals surface area contributed by atoms with Gasteiger partial charge in [-0.25, -0.2) is 4.79 Å². The first-order valence-corrected chi connectivity index (χ1v) is 5.43. The Bertz CT molecular complexity index is 475. The number of benzene rings is 1. The molecule has 1 amide bonds. The lowest BCUT2D eigenvalue weighted by atomic mass is 10.2. The van der Waals surface area contributed by atoms with Gasteiger partial charge in [-0.1, -0.05) is 42.5 Å². The van der Waals surface area contributed by atoms with E-state index in [0.717, 1.165) is 5.56 Å². The Labute approximate surface area is 106 Å². The molecule has 0 saturated carbocycles. The van der Waals surface area contributed by atoms with E-state index in [4.69, 9.17) is 0 Å². The molecule has 94 valence electrons. The van der Waals surface area contributed by atoms with Crippen LogP contribution in [0.25, 0.3) is 6.08 Å². The van der Waals surface area contributed by atoms with E-state index in [1.165, 1.54) is 20.1 Å². The SMILES string of the molecule is COC(=O)C(=CC=Cc1ccccc1)NC(C)=O. The molecule has 0 fully saturated rings. The largest absolute Gasteiger partial charge is 0.464 e. The molecule has 0 aliphatic heterocycles. The molecule has 4 heteroatoms. The molecule has 0 unspecified atom stereocenters. The summed E-state index contributed by atoms with van der Waals surface area (Å²) in [5, 5.41) is 2.41. The predicted molar refractivity (Wildman–Crippen MR) is 69.4 cm³/mol. The zero-order valence-corrected chi connectivity index (χ0v) is 10.3. The first-order chi connectivity index (χ1) is 8.63. The molecule has 1 N–H and O–H groups in total. The van der Waals surface area contributed by atoms with Crippen molar-refractivity contribution in [1.29, 1.82) is 0 Å². The lowest BCUT2D eigenvalue weighted by Crippen LogP contribution is -2.25. The van der Waals surface area contributed by atoms with Crippen molar-refractivity contribution in [1.82, 2.24) is 5.32 Å². The van der Waals surface area contributed by atoms with Crippen LogP contribution in [0.4, 0.5) is 0 Å². The number of ether oxygens (including phenoxy) is 1. The summed E-state index contributed by atoms with van der Waals surface area (Å²) < 4.78 is 4.56. The molecule has 0 atom stereocenters. The van der Waals surface area contributed by atoms with Crippen LogP contribution < -0.4 is 5.32 Å². The van der Waals surface area contributed by atoms with Gasteiger partial charge in [0.25, 0.3) is 0 Å². The normalized spacial score (nSPS) is 11.3. The Hall–Kier alpha value is -2.36. The first kappa shape index (κ1) is 13.7. The molecule has 0 aliphatic carbocycles. The van der Waals surface area contributed by atoms with Crippen LogP contribution in [0, 0.1) is 0 Å². The summed E-state index contributed by atoms with van der Waals surface area (Å²) in [6, 6.07) is 9.61. The third-order valence-corrected chi connectivity index (χ3v) is 2.07. The van der Waals surface area contributed by atoms with Crippen molar-refractivity contribution >= 4 is 18.0 Å². The summed E-state index contributed by atoms with van der Waals surface area (Å²) in [6.45, 7) is 1.33. The second-order valence-corrected chi connectivity index (χ2v) is 3.52. The molecule has 1 aromatic carbocycles. The maximum absolute atomic E-state index is 11.4. The van der Waals surface area contributed by atoms with Gasteiger partial charge in [-0.2, -0.15) is 0 Å². The van der Waals surface area contributed by atoms with Crippen LogP contribution in [0.15, 0.2) is 48.2 Å². The van der Waals surface area contributed by atoms with Gasteiger partial charge in [-0.3, -0.25) is 4.79 Å². The smallest absolute Gasteiger partial charge is 0.354 e. The van der Waals surface area contributed by atoms with Crippen LogP contribution in [0.1, 0.15) is 12.5 Å².